The maximum absolute atomic E-state index is 8.90. The van der Waals surface area contributed by atoms with Gasteiger partial charge < -0.3 is 10.1 Å². The summed E-state index contributed by atoms with van der Waals surface area (Å²) < 4.78 is 5.18. The molecule has 0 aliphatic rings. The second-order valence-electron chi connectivity index (χ2n) is 4.16. The van der Waals surface area contributed by atoms with Gasteiger partial charge in [0, 0.05) is 12.7 Å². The fraction of sp³-hybridized carbons (Fsp3) is 0.200. The van der Waals surface area contributed by atoms with Crippen LogP contribution >= 0.6 is 11.6 Å². The van der Waals surface area contributed by atoms with Crippen molar-refractivity contribution in [2.24, 2.45) is 0 Å². The molecule has 0 spiro atoms. The van der Waals surface area contributed by atoms with E-state index < -0.39 is 0 Å². The van der Waals surface area contributed by atoms with Gasteiger partial charge >= 0.3 is 0 Å². The van der Waals surface area contributed by atoms with Crippen molar-refractivity contribution < 1.29 is 4.74 Å². The van der Waals surface area contributed by atoms with Crippen molar-refractivity contribution in [1.29, 1.82) is 5.26 Å². The summed E-state index contributed by atoms with van der Waals surface area (Å²) in [5.41, 5.74) is 1.58. The van der Waals surface area contributed by atoms with Crippen LogP contribution in [-0.2, 0) is 6.42 Å². The van der Waals surface area contributed by atoms with Crippen LogP contribution in [0.3, 0.4) is 0 Å². The quantitative estimate of drug-likeness (QED) is 0.917. The van der Waals surface area contributed by atoms with E-state index in [9.17, 15) is 0 Å². The lowest BCUT2D eigenvalue weighted by atomic mass is 10.1. The van der Waals surface area contributed by atoms with E-state index in [1.165, 1.54) is 0 Å². The Morgan fingerprint density at radius 3 is 3.00 bits per heavy atom. The topological polar surface area (TPSA) is 57.9 Å². The molecule has 0 saturated heterocycles. The number of anilines is 1. The Kier molecular flexibility index (Phi) is 4.80. The van der Waals surface area contributed by atoms with E-state index in [-0.39, 0.29) is 0 Å². The molecule has 0 fully saturated rings. The molecule has 5 heteroatoms. The molecule has 0 amide bonds. The Hall–Kier alpha value is -2.25. The summed E-state index contributed by atoms with van der Waals surface area (Å²) in [6.07, 6.45) is 2.38. The van der Waals surface area contributed by atoms with E-state index in [0.29, 0.717) is 22.9 Å². The van der Waals surface area contributed by atoms with Crippen LogP contribution in [0.2, 0.25) is 5.02 Å². The Balaban J connectivity index is 1.98. The maximum atomic E-state index is 8.90. The predicted octanol–water partition coefficient (Wildman–Crippen LogP) is 3.27. The highest BCUT2D eigenvalue weighted by Crippen LogP contribution is 2.22. The van der Waals surface area contributed by atoms with Crippen LogP contribution in [-0.4, -0.2) is 18.6 Å². The molecule has 0 saturated carbocycles. The standard InChI is InChI=1S/C15H14ClN3O/c1-20-13-4-2-3-11(9-13)5-7-18-15-14(16)12(10-17)6-8-19-15/h2-4,6,8-9H,5,7H2,1H3,(H,18,19). The highest BCUT2D eigenvalue weighted by Gasteiger charge is 2.06. The van der Waals surface area contributed by atoms with Crippen LogP contribution < -0.4 is 10.1 Å². The molecule has 4 nitrogen and oxygen atoms in total. The van der Waals surface area contributed by atoms with Gasteiger partial charge in [0.25, 0.3) is 0 Å². The van der Waals surface area contributed by atoms with Crippen LogP contribution in [0.5, 0.6) is 5.75 Å². The summed E-state index contributed by atoms with van der Waals surface area (Å²) in [5, 5.41) is 12.4. The number of ether oxygens (including phenoxy) is 1. The first kappa shape index (κ1) is 14.2. The van der Waals surface area contributed by atoms with Crippen LogP contribution in [0, 0.1) is 11.3 Å². The molecule has 0 unspecified atom stereocenters. The van der Waals surface area contributed by atoms with Crippen LogP contribution in [0.15, 0.2) is 36.5 Å². The minimum absolute atomic E-state index is 0.362. The van der Waals surface area contributed by atoms with Gasteiger partial charge in [0.2, 0.25) is 0 Å². The highest BCUT2D eigenvalue weighted by molar-refractivity contribution is 6.34. The summed E-state index contributed by atoms with van der Waals surface area (Å²) in [5.74, 6) is 1.37. The van der Waals surface area contributed by atoms with Crippen molar-refractivity contribution in [3.63, 3.8) is 0 Å². The second kappa shape index (κ2) is 6.78. The molecule has 1 heterocycles. The monoisotopic (exact) mass is 287 g/mol. The Bertz CT molecular complexity index is 637. The Labute approximate surface area is 123 Å². The van der Waals surface area contributed by atoms with Crippen molar-refractivity contribution in [1.82, 2.24) is 4.98 Å². The number of nitriles is 1. The molecule has 0 aliphatic heterocycles. The number of rotatable bonds is 5. The minimum Gasteiger partial charge on any atom is -0.497 e. The fourth-order valence-electron chi connectivity index (χ4n) is 1.81. The molecule has 1 aromatic heterocycles. The third-order valence-electron chi connectivity index (χ3n) is 2.85. The maximum Gasteiger partial charge on any atom is 0.146 e. The smallest absolute Gasteiger partial charge is 0.146 e. The van der Waals surface area contributed by atoms with E-state index in [0.717, 1.165) is 17.7 Å². The van der Waals surface area contributed by atoms with Gasteiger partial charge in [0.05, 0.1) is 12.7 Å². The van der Waals surface area contributed by atoms with Crippen LogP contribution in [0.25, 0.3) is 0 Å². The van der Waals surface area contributed by atoms with Crippen molar-refractivity contribution >= 4 is 17.4 Å². The Morgan fingerprint density at radius 1 is 1.40 bits per heavy atom. The van der Waals surface area contributed by atoms with E-state index >= 15 is 0 Å². The van der Waals surface area contributed by atoms with Gasteiger partial charge in [-0.1, -0.05) is 23.7 Å². The number of pyridine rings is 1. The van der Waals surface area contributed by atoms with Crippen molar-refractivity contribution in [2.75, 3.05) is 19.0 Å². The first-order valence-electron chi connectivity index (χ1n) is 6.16. The number of benzene rings is 1. The first-order valence-corrected chi connectivity index (χ1v) is 6.54. The number of hydrogen-bond donors (Lipinski definition) is 1. The largest absolute Gasteiger partial charge is 0.497 e. The summed E-state index contributed by atoms with van der Waals surface area (Å²) >= 11 is 6.07. The van der Waals surface area contributed by atoms with E-state index in [2.05, 4.69) is 10.3 Å². The molecule has 2 rings (SSSR count). The molecule has 0 aliphatic carbocycles. The molecule has 2 aromatic rings. The van der Waals surface area contributed by atoms with E-state index in [4.69, 9.17) is 21.6 Å². The lowest BCUT2D eigenvalue weighted by molar-refractivity contribution is 0.414. The zero-order valence-corrected chi connectivity index (χ0v) is 11.8. The molecule has 0 atom stereocenters. The van der Waals surface area contributed by atoms with Crippen molar-refractivity contribution in [3.8, 4) is 11.8 Å². The van der Waals surface area contributed by atoms with E-state index in [1.807, 2.05) is 30.3 Å². The molecule has 1 N–H and O–H groups in total. The third-order valence-corrected chi connectivity index (χ3v) is 3.23. The number of nitrogens with zero attached hydrogens (tertiary/aromatic N) is 2. The third kappa shape index (κ3) is 3.40. The zero-order chi connectivity index (χ0) is 14.4. The van der Waals surface area contributed by atoms with Gasteiger partial charge in [-0.05, 0) is 30.2 Å². The molecule has 1 aromatic carbocycles. The predicted molar refractivity (Wildman–Crippen MR) is 79.1 cm³/mol. The van der Waals surface area contributed by atoms with Gasteiger partial charge in [-0.3, -0.25) is 0 Å². The number of hydrogen-bond acceptors (Lipinski definition) is 4. The Morgan fingerprint density at radius 2 is 2.25 bits per heavy atom. The summed E-state index contributed by atoms with van der Waals surface area (Å²) in [6.45, 7) is 0.675. The molecule has 102 valence electrons. The van der Waals surface area contributed by atoms with Crippen LogP contribution in [0.4, 0.5) is 5.82 Å². The van der Waals surface area contributed by atoms with Gasteiger partial charge in [-0.2, -0.15) is 5.26 Å². The van der Waals surface area contributed by atoms with Gasteiger partial charge in [-0.25, -0.2) is 4.98 Å². The number of nitrogens with one attached hydrogen (secondary N) is 1. The average Bonchev–Trinajstić information content (AvgIpc) is 2.49. The first-order chi connectivity index (χ1) is 9.74. The summed E-state index contributed by atoms with van der Waals surface area (Å²) in [6, 6.07) is 11.5. The lowest BCUT2D eigenvalue weighted by Crippen LogP contribution is -2.07. The molecule has 20 heavy (non-hydrogen) atoms. The van der Waals surface area contributed by atoms with Gasteiger partial charge in [0.15, 0.2) is 0 Å². The minimum atomic E-state index is 0.362. The van der Waals surface area contributed by atoms with Gasteiger partial charge in [-0.15, -0.1) is 0 Å². The molecular formula is C15H14ClN3O. The summed E-state index contributed by atoms with van der Waals surface area (Å²) in [4.78, 5) is 4.13. The van der Waals surface area contributed by atoms with Crippen molar-refractivity contribution in [3.05, 3.63) is 52.7 Å². The fourth-order valence-corrected chi connectivity index (χ4v) is 2.03. The van der Waals surface area contributed by atoms with Crippen LogP contribution in [0.1, 0.15) is 11.1 Å². The highest BCUT2D eigenvalue weighted by atomic mass is 35.5. The average molecular weight is 288 g/mol. The SMILES string of the molecule is COc1cccc(CCNc2nccc(C#N)c2Cl)c1. The number of aromatic nitrogens is 1. The van der Waals surface area contributed by atoms with E-state index in [1.54, 1.807) is 19.4 Å². The van der Waals surface area contributed by atoms with Gasteiger partial charge in [0.1, 0.15) is 22.7 Å². The molecule has 0 radical (unpaired) electrons. The van der Waals surface area contributed by atoms with Crippen molar-refractivity contribution in [2.45, 2.75) is 6.42 Å². The normalized spacial score (nSPS) is 9.85. The second-order valence-corrected chi connectivity index (χ2v) is 4.54. The molecule has 0 bridgehead atoms. The molecular weight excluding hydrogens is 274 g/mol. The zero-order valence-electron chi connectivity index (χ0n) is 11.1. The number of methoxy groups -OCH3 is 1. The number of halogens is 1. The summed E-state index contributed by atoms with van der Waals surface area (Å²) in [7, 11) is 1.65. The lowest BCUT2D eigenvalue weighted by Gasteiger charge is -2.08.